The van der Waals surface area contributed by atoms with Gasteiger partial charge in [0.25, 0.3) is 0 Å². The van der Waals surface area contributed by atoms with Gasteiger partial charge in [0.2, 0.25) is 0 Å². The Bertz CT molecular complexity index is 1400. The fraction of sp³-hybridized carbons (Fsp3) is 0.818. The van der Waals surface area contributed by atoms with E-state index >= 15 is 0 Å². The summed E-state index contributed by atoms with van der Waals surface area (Å²) in [6, 6.07) is 0. The third-order valence-electron chi connectivity index (χ3n) is 12.4. The van der Waals surface area contributed by atoms with Crippen LogP contribution in [0.1, 0.15) is 210 Å². The van der Waals surface area contributed by atoms with E-state index in [1.807, 2.05) is 0 Å². The van der Waals surface area contributed by atoms with E-state index in [1.165, 1.54) is 24.0 Å². The SMILES string of the molecule is CCCCCCC(CCC(=O)OCC(COC(=O)CCCCCC(=O)OCCC(C)CCC=C(C)C)COC(=O)CCCCCC(=O)OCCC(C)CCC=C(C)C)OC(=O)NCCN1CCCC1.[HH]. The number of allylic oxidation sites excluding steroid dienone is 4. The number of hydrogen-bond acceptors (Lipinski definition) is 13. The Kier molecular flexibility index (Phi) is 38.2. The van der Waals surface area contributed by atoms with Crippen molar-refractivity contribution in [3.05, 3.63) is 23.3 Å². The summed E-state index contributed by atoms with van der Waals surface area (Å²) < 4.78 is 33.3. The molecule has 400 valence electrons. The molecule has 0 spiro atoms. The number of nitrogens with one attached hydrogen (secondary N) is 1. The predicted octanol–water partition coefficient (Wildman–Crippen LogP) is 12.0. The number of unbranched alkanes of at least 4 members (excludes halogenated alkanes) is 7. The van der Waals surface area contributed by atoms with Crippen LogP contribution in [0.15, 0.2) is 23.3 Å². The summed E-state index contributed by atoms with van der Waals surface area (Å²) in [5.74, 6) is -1.47. The molecule has 0 radical (unpaired) electrons. The molecule has 0 aromatic carbocycles. The Hall–Kier alpha value is -3.94. The second kappa shape index (κ2) is 41.8. The number of carbonyl (C=O) groups is 6. The molecule has 1 saturated heterocycles. The van der Waals surface area contributed by atoms with Crippen LogP contribution in [-0.2, 0) is 52.4 Å². The largest absolute Gasteiger partial charge is 0.466 e. The molecule has 0 aromatic heterocycles. The van der Waals surface area contributed by atoms with Crippen molar-refractivity contribution >= 4 is 35.9 Å². The smallest absolute Gasteiger partial charge is 0.407 e. The zero-order valence-electron chi connectivity index (χ0n) is 44.4. The molecule has 69 heavy (non-hydrogen) atoms. The third-order valence-corrected chi connectivity index (χ3v) is 12.4. The lowest BCUT2D eigenvalue weighted by Gasteiger charge is -2.20. The van der Waals surface area contributed by atoms with Crippen LogP contribution in [0, 0.1) is 17.8 Å². The molecule has 0 saturated carbocycles. The molecule has 1 rings (SSSR count). The van der Waals surface area contributed by atoms with Crippen molar-refractivity contribution in [3.8, 4) is 0 Å². The Balaban J connectivity index is 0.0000476. The standard InChI is InChI=1S/C55H96N2O12.H2/c1-8-9-10-13-26-49(69-55(63)56-35-38-57-36-18-19-37-57)31-32-54(62)68-43-48(41-66-52(60)29-16-11-14-27-50(58)64-39-33-46(6)24-20-22-44(2)3)42-67-53(61)30-17-12-15-28-51(59)65-40-34-47(7)25-21-23-45(4)5;/h22-23,46-49H,8-21,24-43H2,1-7H3,(H,56,63);1H. The van der Waals surface area contributed by atoms with Crippen molar-refractivity contribution in [2.45, 2.75) is 215 Å². The van der Waals surface area contributed by atoms with Crippen molar-refractivity contribution in [2.75, 3.05) is 59.2 Å². The van der Waals surface area contributed by atoms with Gasteiger partial charge >= 0.3 is 35.9 Å². The van der Waals surface area contributed by atoms with Crippen molar-refractivity contribution in [1.82, 2.24) is 10.2 Å². The van der Waals surface area contributed by atoms with Crippen LogP contribution >= 0.6 is 0 Å². The van der Waals surface area contributed by atoms with E-state index in [1.54, 1.807) is 0 Å². The molecule has 0 aliphatic carbocycles. The van der Waals surface area contributed by atoms with Gasteiger partial charge in [0.1, 0.15) is 25.9 Å². The summed E-state index contributed by atoms with van der Waals surface area (Å²) in [4.78, 5) is 78.0. The predicted molar refractivity (Wildman–Crippen MR) is 273 cm³/mol. The molecule has 3 atom stereocenters. The quantitative estimate of drug-likeness (QED) is 0.0265. The average molecular weight is 979 g/mol. The first-order valence-corrected chi connectivity index (χ1v) is 26.9. The molecule has 1 N–H and O–H groups in total. The first kappa shape index (κ1) is 63.1. The molecule has 1 fully saturated rings. The Labute approximate surface area is 419 Å². The van der Waals surface area contributed by atoms with Gasteiger partial charge in [-0.15, -0.1) is 0 Å². The van der Waals surface area contributed by atoms with Crippen molar-refractivity contribution in [1.29, 1.82) is 0 Å². The fourth-order valence-electron chi connectivity index (χ4n) is 7.77. The maximum atomic E-state index is 13.0. The number of rotatable bonds is 42. The molecule has 1 aliphatic heterocycles. The van der Waals surface area contributed by atoms with E-state index in [0.29, 0.717) is 95.8 Å². The van der Waals surface area contributed by atoms with Gasteiger partial charge in [-0.05, 0) is 149 Å². The van der Waals surface area contributed by atoms with Crippen LogP contribution in [0.2, 0.25) is 0 Å². The number of amides is 1. The normalized spacial score (nSPS) is 14.1. The van der Waals surface area contributed by atoms with Gasteiger partial charge < -0.3 is 38.6 Å². The molecular formula is C55H98N2O12. The van der Waals surface area contributed by atoms with Gasteiger partial charge in [-0.25, -0.2) is 4.79 Å². The second-order valence-corrected chi connectivity index (χ2v) is 19.9. The molecular weight excluding hydrogens is 881 g/mol. The zero-order valence-corrected chi connectivity index (χ0v) is 44.4. The van der Waals surface area contributed by atoms with Crippen LogP contribution in [0.4, 0.5) is 4.79 Å². The lowest BCUT2D eigenvalue weighted by atomic mass is 10.0. The summed E-state index contributed by atoms with van der Waals surface area (Å²) in [5.41, 5.74) is 2.62. The third kappa shape index (κ3) is 39.5. The fourth-order valence-corrected chi connectivity index (χ4v) is 7.77. The summed E-state index contributed by atoms with van der Waals surface area (Å²) in [5, 5.41) is 2.85. The highest BCUT2D eigenvalue weighted by atomic mass is 16.6. The lowest BCUT2D eigenvalue weighted by molar-refractivity contribution is -0.154. The van der Waals surface area contributed by atoms with Gasteiger partial charge in [-0.1, -0.05) is 76.2 Å². The molecule has 1 heterocycles. The van der Waals surface area contributed by atoms with Gasteiger partial charge in [-0.3, -0.25) is 24.0 Å². The number of carbonyl (C=O) groups excluding carboxylic acids is 6. The van der Waals surface area contributed by atoms with Gasteiger partial charge in [0, 0.05) is 46.6 Å². The number of hydrogen-bond donors (Lipinski definition) is 1. The first-order valence-electron chi connectivity index (χ1n) is 26.9. The van der Waals surface area contributed by atoms with E-state index in [9.17, 15) is 28.8 Å². The maximum Gasteiger partial charge on any atom is 0.407 e. The first-order chi connectivity index (χ1) is 33.2. The van der Waals surface area contributed by atoms with E-state index in [2.05, 4.69) is 70.8 Å². The topological polar surface area (TPSA) is 173 Å². The molecule has 3 unspecified atom stereocenters. The minimum atomic E-state index is -0.598. The molecule has 0 aromatic rings. The zero-order chi connectivity index (χ0) is 50.9. The van der Waals surface area contributed by atoms with Crippen LogP contribution in [0.25, 0.3) is 0 Å². The Morgan fingerprint density at radius 1 is 0.536 bits per heavy atom. The number of likely N-dealkylation sites (tertiary alicyclic amines) is 1. The van der Waals surface area contributed by atoms with E-state index in [-0.39, 0.29) is 52.4 Å². The minimum absolute atomic E-state index is 0. The lowest BCUT2D eigenvalue weighted by Crippen LogP contribution is -2.35. The molecule has 0 bridgehead atoms. The maximum absolute atomic E-state index is 13.0. The van der Waals surface area contributed by atoms with E-state index < -0.39 is 36.0 Å². The van der Waals surface area contributed by atoms with Gasteiger partial charge in [-0.2, -0.15) is 0 Å². The van der Waals surface area contributed by atoms with Crippen molar-refractivity contribution < 1.29 is 58.6 Å². The van der Waals surface area contributed by atoms with Crippen LogP contribution in [0.5, 0.6) is 0 Å². The molecule has 14 nitrogen and oxygen atoms in total. The van der Waals surface area contributed by atoms with Gasteiger partial charge in [0.05, 0.1) is 19.1 Å². The van der Waals surface area contributed by atoms with Crippen LogP contribution in [-0.4, -0.2) is 106 Å². The number of nitrogens with zero attached hydrogens (tertiary/aromatic N) is 1. The van der Waals surface area contributed by atoms with Crippen molar-refractivity contribution in [3.63, 3.8) is 0 Å². The van der Waals surface area contributed by atoms with Crippen molar-refractivity contribution in [2.24, 2.45) is 17.8 Å². The number of alkyl carbamates (subject to hydrolysis) is 1. The number of esters is 5. The van der Waals surface area contributed by atoms with Crippen LogP contribution < -0.4 is 5.32 Å². The highest BCUT2D eigenvalue weighted by Crippen LogP contribution is 2.17. The minimum Gasteiger partial charge on any atom is -0.466 e. The summed E-state index contributed by atoms with van der Waals surface area (Å²) in [7, 11) is 0. The summed E-state index contributed by atoms with van der Waals surface area (Å²) >= 11 is 0. The highest BCUT2D eigenvalue weighted by Gasteiger charge is 2.21. The van der Waals surface area contributed by atoms with E-state index in [4.69, 9.17) is 28.4 Å². The molecule has 14 heteroatoms. The van der Waals surface area contributed by atoms with E-state index in [0.717, 1.165) is 83.8 Å². The summed E-state index contributed by atoms with van der Waals surface area (Å²) in [6.07, 6.45) is 21.2. The molecule has 1 amide bonds. The molecule has 1 aliphatic rings. The summed E-state index contributed by atoms with van der Waals surface area (Å²) in [6.45, 7) is 18.7. The Morgan fingerprint density at radius 3 is 1.42 bits per heavy atom. The highest BCUT2D eigenvalue weighted by molar-refractivity contribution is 5.71. The van der Waals surface area contributed by atoms with Gasteiger partial charge in [0.15, 0.2) is 0 Å². The number of ether oxygens (including phenoxy) is 6. The average Bonchev–Trinajstić information content (AvgIpc) is 3.82. The second-order valence-electron chi connectivity index (χ2n) is 19.9. The Morgan fingerprint density at radius 2 is 0.971 bits per heavy atom. The van der Waals surface area contributed by atoms with Crippen LogP contribution in [0.3, 0.4) is 0 Å². The monoisotopic (exact) mass is 979 g/mol.